The zero-order valence-corrected chi connectivity index (χ0v) is 14.2. The van der Waals surface area contributed by atoms with Crippen LogP contribution in [0.2, 0.25) is 0 Å². The van der Waals surface area contributed by atoms with Gasteiger partial charge in [-0.15, -0.1) is 11.3 Å². The fraction of sp³-hybridized carbons (Fsp3) is 0.353. The van der Waals surface area contributed by atoms with Gasteiger partial charge >= 0.3 is 0 Å². The summed E-state index contributed by atoms with van der Waals surface area (Å²) in [4.78, 5) is 5.63. The van der Waals surface area contributed by atoms with Crippen molar-refractivity contribution in [1.29, 1.82) is 0 Å². The molecule has 0 aliphatic heterocycles. The van der Waals surface area contributed by atoms with Crippen molar-refractivity contribution >= 4 is 17.3 Å². The molecular formula is C17H23N3OS. The zero-order chi connectivity index (χ0) is 15.8. The van der Waals surface area contributed by atoms with Gasteiger partial charge in [-0.3, -0.25) is 4.99 Å². The van der Waals surface area contributed by atoms with Crippen molar-refractivity contribution in [3.63, 3.8) is 0 Å². The highest BCUT2D eigenvalue weighted by Gasteiger charge is 2.02. The lowest BCUT2D eigenvalue weighted by atomic mass is 10.1. The molecule has 0 saturated carbocycles. The van der Waals surface area contributed by atoms with Crippen molar-refractivity contribution in [1.82, 2.24) is 10.6 Å². The molecule has 2 N–H and O–H groups in total. The van der Waals surface area contributed by atoms with Crippen molar-refractivity contribution in [3.05, 3.63) is 51.7 Å². The van der Waals surface area contributed by atoms with Gasteiger partial charge in [0.1, 0.15) is 5.75 Å². The van der Waals surface area contributed by atoms with Gasteiger partial charge in [0.15, 0.2) is 5.96 Å². The minimum atomic E-state index is 0.718. The number of aliphatic imine (C=N–C) groups is 1. The number of hydrogen-bond donors (Lipinski definition) is 2. The molecular weight excluding hydrogens is 294 g/mol. The first-order chi connectivity index (χ1) is 10.7. The van der Waals surface area contributed by atoms with Gasteiger partial charge in [0, 0.05) is 25.0 Å². The summed E-state index contributed by atoms with van der Waals surface area (Å²) in [6, 6.07) is 10.5. The van der Waals surface area contributed by atoms with Gasteiger partial charge in [0.2, 0.25) is 0 Å². The molecule has 0 aliphatic carbocycles. The molecule has 0 fully saturated rings. The molecule has 1 aromatic heterocycles. The van der Waals surface area contributed by atoms with Gasteiger partial charge in [-0.2, -0.15) is 0 Å². The summed E-state index contributed by atoms with van der Waals surface area (Å²) < 4.78 is 5.35. The van der Waals surface area contributed by atoms with Gasteiger partial charge in [-0.25, -0.2) is 0 Å². The minimum Gasteiger partial charge on any atom is -0.496 e. The number of ether oxygens (including phenoxy) is 1. The lowest BCUT2D eigenvalue weighted by molar-refractivity contribution is 0.411. The van der Waals surface area contributed by atoms with Crippen molar-refractivity contribution in [3.8, 4) is 5.75 Å². The average Bonchev–Trinajstić information content (AvgIpc) is 3.05. The van der Waals surface area contributed by atoms with E-state index < -0.39 is 0 Å². The van der Waals surface area contributed by atoms with Crippen molar-refractivity contribution in [2.75, 3.05) is 20.7 Å². The second-order valence-corrected chi connectivity index (χ2v) is 6.02. The van der Waals surface area contributed by atoms with E-state index in [0.29, 0.717) is 0 Å². The Morgan fingerprint density at radius 3 is 2.82 bits per heavy atom. The molecule has 0 bridgehead atoms. The second kappa shape index (κ2) is 8.44. The summed E-state index contributed by atoms with van der Waals surface area (Å²) in [5.74, 6) is 1.73. The van der Waals surface area contributed by atoms with Crippen molar-refractivity contribution < 1.29 is 4.74 Å². The van der Waals surface area contributed by atoms with E-state index in [1.54, 1.807) is 25.5 Å². The highest BCUT2D eigenvalue weighted by atomic mass is 32.1. The van der Waals surface area contributed by atoms with Crippen LogP contribution in [-0.2, 0) is 13.0 Å². The lowest BCUT2D eigenvalue weighted by Crippen LogP contribution is -2.37. The predicted molar refractivity (Wildman–Crippen MR) is 94.0 cm³/mol. The van der Waals surface area contributed by atoms with Crippen LogP contribution in [0.5, 0.6) is 5.75 Å². The van der Waals surface area contributed by atoms with Crippen LogP contribution in [0.25, 0.3) is 0 Å². The second-order valence-electron chi connectivity index (χ2n) is 4.99. The summed E-state index contributed by atoms with van der Waals surface area (Å²) in [5, 5.41) is 8.76. The molecule has 2 aromatic rings. The number of nitrogens with one attached hydrogen (secondary N) is 2. The Bertz CT molecular complexity index is 608. The van der Waals surface area contributed by atoms with E-state index >= 15 is 0 Å². The number of benzene rings is 1. The van der Waals surface area contributed by atoms with E-state index in [0.717, 1.165) is 36.8 Å². The maximum atomic E-state index is 5.35. The SMILES string of the molecule is CN=C(NCCc1cccs1)NCc1ccc(C)c(OC)c1. The van der Waals surface area contributed by atoms with Crippen molar-refractivity contribution in [2.24, 2.45) is 4.99 Å². The van der Waals surface area contributed by atoms with Crippen LogP contribution in [0, 0.1) is 6.92 Å². The Hall–Kier alpha value is -2.01. The number of aryl methyl sites for hydroxylation is 1. The molecule has 22 heavy (non-hydrogen) atoms. The molecule has 118 valence electrons. The highest BCUT2D eigenvalue weighted by molar-refractivity contribution is 7.09. The third kappa shape index (κ3) is 4.77. The normalized spacial score (nSPS) is 11.3. The smallest absolute Gasteiger partial charge is 0.191 e. The Labute approximate surface area is 136 Å². The standard InChI is InChI=1S/C17H23N3OS/c1-13-6-7-14(11-16(13)21-3)12-20-17(18-2)19-9-8-15-5-4-10-22-15/h4-7,10-11H,8-9,12H2,1-3H3,(H2,18,19,20). The highest BCUT2D eigenvalue weighted by Crippen LogP contribution is 2.18. The first-order valence-corrected chi connectivity index (χ1v) is 8.21. The van der Waals surface area contributed by atoms with Gasteiger partial charge < -0.3 is 15.4 Å². The van der Waals surface area contributed by atoms with Crippen LogP contribution >= 0.6 is 11.3 Å². The number of nitrogens with zero attached hydrogens (tertiary/aromatic N) is 1. The Morgan fingerprint density at radius 2 is 2.14 bits per heavy atom. The number of thiophene rings is 1. The molecule has 5 heteroatoms. The fourth-order valence-corrected chi connectivity index (χ4v) is 2.85. The van der Waals surface area contributed by atoms with E-state index in [4.69, 9.17) is 4.74 Å². The largest absolute Gasteiger partial charge is 0.496 e. The summed E-state index contributed by atoms with van der Waals surface area (Å²) in [7, 11) is 3.49. The Morgan fingerprint density at radius 1 is 1.27 bits per heavy atom. The van der Waals surface area contributed by atoms with Gasteiger partial charge in [0.25, 0.3) is 0 Å². The van der Waals surface area contributed by atoms with E-state index in [2.05, 4.69) is 51.3 Å². The molecule has 0 unspecified atom stereocenters. The molecule has 1 heterocycles. The summed E-state index contributed by atoms with van der Waals surface area (Å²) in [5.41, 5.74) is 2.31. The molecule has 0 amide bonds. The van der Waals surface area contributed by atoms with E-state index in [-0.39, 0.29) is 0 Å². The van der Waals surface area contributed by atoms with Gasteiger partial charge in [-0.05, 0) is 42.0 Å². The van der Waals surface area contributed by atoms with Crippen LogP contribution in [0.3, 0.4) is 0 Å². The lowest BCUT2D eigenvalue weighted by Gasteiger charge is -2.13. The molecule has 1 aromatic carbocycles. The maximum absolute atomic E-state index is 5.35. The quantitative estimate of drug-likeness (QED) is 0.636. The minimum absolute atomic E-state index is 0.718. The average molecular weight is 317 g/mol. The summed E-state index contributed by atoms with van der Waals surface area (Å²) >= 11 is 1.78. The monoisotopic (exact) mass is 317 g/mol. The van der Waals surface area contributed by atoms with Crippen LogP contribution in [0.1, 0.15) is 16.0 Å². The molecule has 0 radical (unpaired) electrons. The number of hydrogen-bond acceptors (Lipinski definition) is 3. The third-order valence-electron chi connectivity index (χ3n) is 3.40. The molecule has 0 atom stereocenters. The van der Waals surface area contributed by atoms with Gasteiger partial charge in [-0.1, -0.05) is 18.2 Å². The van der Waals surface area contributed by atoms with E-state index in [1.807, 2.05) is 6.92 Å². The molecule has 4 nitrogen and oxygen atoms in total. The van der Waals surface area contributed by atoms with Gasteiger partial charge in [0.05, 0.1) is 7.11 Å². The van der Waals surface area contributed by atoms with Crippen LogP contribution in [-0.4, -0.2) is 26.7 Å². The third-order valence-corrected chi connectivity index (χ3v) is 4.34. The Kier molecular flexibility index (Phi) is 6.27. The summed E-state index contributed by atoms with van der Waals surface area (Å²) in [6.07, 6.45) is 1.01. The molecule has 0 aliphatic rings. The first kappa shape index (κ1) is 16.4. The summed E-state index contributed by atoms with van der Waals surface area (Å²) in [6.45, 7) is 3.63. The predicted octanol–water partition coefficient (Wildman–Crippen LogP) is 2.97. The molecule has 0 saturated heterocycles. The number of methoxy groups -OCH3 is 1. The van der Waals surface area contributed by atoms with E-state index in [1.165, 1.54) is 10.4 Å². The first-order valence-electron chi connectivity index (χ1n) is 7.33. The number of guanidine groups is 1. The molecule has 0 spiro atoms. The fourth-order valence-electron chi connectivity index (χ4n) is 2.14. The van der Waals surface area contributed by atoms with Crippen molar-refractivity contribution in [2.45, 2.75) is 19.9 Å². The topological polar surface area (TPSA) is 45.7 Å². The van der Waals surface area contributed by atoms with Crippen LogP contribution in [0.4, 0.5) is 0 Å². The van der Waals surface area contributed by atoms with E-state index in [9.17, 15) is 0 Å². The zero-order valence-electron chi connectivity index (χ0n) is 13.3. The molecule has 2 rings (SSSR count). The Balaban J connectivity index is 1.80. The maximum Gasteiger partial charge on any atom is 0.191 e. The van der Waals surface area contributed by atoms with Crippen LogP contribution < -0.4 is 15.4 Å². The van der Waals surface area contributed by atoms with Crippen LogP contribution in [0.15, 0.2) is 40.7 Å². The number of rotatable bonds is 6.